The minimum atomic E-state index is -0.880. The van der Waals surface area contributed by atoms with E-state index < -0.39 is 5.60 Å². The van der Waals surface area contributed by atoms with Gasteiger partial charge < -0.3 is 5.11 Å². The molecule has 0 spiro atoms. The van der Waals surface area contributed by atoms with Gasteiger partial charge >= 0.3 is 0 Å². The first kappa shape index (κ1) is 15.7. The van der Waals surface area contributed by atoms with Gasteiger partial charge in [0, 0.05) is 0 Å². The van der Waals surface area contributed by atoms with Gasteiger partial charge in [-0.2, -0.15) is 5.10 Å². The van der Waals surface area contributed by atoms with E-state index in [4.69, 9.17) is 0 Å². The Hall–Kier alpha value is -1.68. The Morgan fingerprint density at radius 2 is 1.90 bits per heavy atom. The molecule has 1 aromatic heterocycles. The van der Waals surface area contributed by atoms with Crippen molar-refractivity contribution in [3.63, 3.8) is 0 Å². The summed E-state index contributed by atoms with van der Waals surface area (Å²) >= 11 is 0. The van der Waals surface area contributed by atoms with Crippen LogP contribution in [0.3, 0.4) is 0 Å². The summed E-state index contributed by atoms with van der Waals surface area (Å²) in [6.07, 6.45) is 8.50. The van der Waals surface area contributed by atoms with Gasteiger partial charge in [-0.25, -0.2) is 9.67 Å². The summed E-state index contributed by atoms with van der Waals surface area (Å²) in [5, 5.41) is 15.3. The highest BCUT2D eigenvalue weighted by molar-refractivity contribution is 5.26. The Morgan fingerprint density at radius 3 is 2.52 bits per heavy atom. The molecule has 0 saturated carbocycles. The van der Waals surface area contributed by atoms with Crippen molar-refractivity contribution in [2.45, 2.75) is 58.1 Å². The number of aryl methyl sites for hydroxylation is 1. The average Bonchev–Trinajstić information content (AvgIpc) is 2.97. The molecule has 0 aliphatic heterocycles. The van der Waals surface area contributed by atoms with Crippen LogP contribution in [0.4, 0.5) is 0 Å². The monoisotopic (exact) mass is 287 g/mol. The minimum Gasteiger partial charge on any atom is -0.383 e. The highest BCUT2D eigenvalue weighted by atomic mass is 16.3. The largest absolute Gasteiger partial charge is 0.383 e. The number of hydrogen-bond acceptors (Lipinski definition) is 3. The lowest BCUT2D eigenvalue weighted by molar-refractivity contribution is 0.00377. The third kappa shape index (κ3) is 4.39. The molecule has 2 aromatic rings. The molecule has 0 radical (unpaired) electrons. The van der Waals surface area contributed by atoms with Gasteiger partial charge in [0.1, 0.15) is 18.3 Å². The number of unbranched alkanes of at least 4 members (excludes halogenated alkanes) is 3. The smallest absolute Gasteiger partial charge is 0.137 e. The number of hydrogen-bond donors (Lipinski definition) is 1. The van der Waals surface area contributed by atoms with Gasteiger partial charge in [0.25, 0.3) is 0 Å². The van der Waals surface area contributed by atoms with Crippen molar-refractivity contribution < 1.29 is 5.11 Å². The van der Waals surface area contributed by atoms with Crippen molar-refractivity contribution in [2.75, 3.05) is 0 Å². The van der Waals surface area contributed by atoms with Gasteiger partial charge in [0.15, 0.2) is 0 Å². The highest BCUT2D eigenvalue weighted by Crippen LogP contribution is 2.29. The van der Waals surface area contributed by atoms with Gasteiger partial charge in [0.05, 0.1) is 6.54 Å². The van der Waals surface area contributed by atoms with Gasteiger partial charge in [-0.3, -0.25) is 0 Å². The first-order valence-corrected chi connectivity index (χ1v) is 7.76. The van der Waals surface area contributed by atoms with Crippen LogP contribution in [0.25, 0.3) is 0 Å². The molecule has 21 heavy (non-hydrogen) atoms. The third-order valence-electron chi connectivity index (χ3n) is 3.92. The number of aromatic nitrogens is 3. The van der Waals surface area contributed by atoms with E-state index in [-0.39, 0.29) is 0 Å². The Kier molecular flexibility index (Phi) is 5.51. The van der Waals surface area contributed by atoms with Crippen molar-refractivity contribution in [1.82, 2.24) is 14.8 Å². The van der Waals surface area contributed by atoms with Gasteiger partial charge in [-0.05, 0) is 18.9 Å². The molecular formula is C17H25N3O. The fraction of sp³-hybridized carbons (Fsp3) is 0.529. The molecule has 1 aromatic carbocycles. The van der Waals surface area contributed by atoms with E-state index in [9.17, 15) is 5.11 Å². The second kappa shape index (κ2) is 7.36. The Bertz CT molecular complexity index is 521. The summed E-state index contributed by atoms with van der Waals surface area (Å²) in [5.74, 6) is 0. The van der Waals surface area contributed by atoms with Crippen molar-refractivity contribution >= 4 is 0 Å². The molecule has 1 unspecified atom stereocenters. The number of nitrogens with zero attached hydrogens (tertiary/aromatic N) is 3. The van der Waals surface area contributed by atoms with E-state index in [0.29, 0.717) is 6.54 Å². The van der Waals surface area contributed by atoms with Gasteiger partial charge in [-0.1, -0.05) is 62.4 Å². The lowest BCUT2D eigenvalue weighted by atomic mass is 9.87. The topological polar surface area (TPSA) is 50.9 Å². The Labute approximate surface area is 126 Å². The van der Waals surface area contributed by atoms with E-state index >= 15 is 0 Å². The van der Waals surface area contributed by atoms with Crippen LogP contribution in [0.1, 0.15) is 50.2 Å². The molecule has 2 rings (SSSR count). The fourth-order valence-corrected chi connectivity index (χ4v) is 2.61. The van der Waals surface area contributed by atoms with Crippen LogP contribution in [-0.2, 0) is 12.1 Å². The minimum absolute atomic E-state index is 0.447. The van der Waals surface area contributed by atoms with E-state index in [1.54, 1.807) is 11.0 Å². The predicted octanol–water partition coefficient (Wildman–Crippen LogP) is 3.44. The lowest BCUT2D eigenvalue weighted by Gasteiger charge is -2.29. The summed E-state index contributed by atoms with van der Waals surface area (Å²) in [4.78, 5) is 3.96. The second-order valence-electron chi connectivity index (χ2n) is 5.80. The zero-order valence-corrected chi connectivity index (χ0v) is 13.0. The van der Waals surface area contributed by atoms with E-state index in [1.807, 2.05) is 24.3 Å². The van der Waals surface area contributed by atoms with Gasteiger partial charge in [-0.15, -0.1) is 0 Å². The standard InChI is InChI=1S/C17H25N3O/c1-3-4-5-6-11-17(21,12-20-14-18-13-19-20)16-9-7-15(2)8-10-16/h7-10,13-14,21H,3-6,11-12H2,1-2H3. The molecule has 114 valence electrons. The molecule has 0 saturated heterocycles. The van der Waals surface area contributed by atoms with E-state index in [0.717, 1.165) is 24.8 Å². The van der Waals surface area contributed by atoms with Crippen molar-refractivity contribution in [1.29, 1.82) is 0 Å². The molecule has 1 atom stereocenters. The molecule has 0 fully saturated rings. The zero-order valence-electron chi connectivity index (χ0n) is 13.0. The van der Waals surface area contributed by atoms with E-state index in [2.05, 4.69) is 23.9 Å². The van der Waals surface area contributed by atoms with Crippen LogP contribution in [0.2, 0.25) is 0 Å². The van der Waals surface area contributed by atoms with Crippen molar-refractivity contribution in [3.05, 3.63) is 48.0 Å². The van der Waals surface area contributed by atoms with Crippen LogP contribution in [-0.4, -0.2) is 19.9 Å². The third-order valence-corrected chi connectivity index (χ3v) is 3.92. The maximum absolute atomic E-state index is 11.2. The number of benzene rings is 1. The lowest BCUT2D eigenvalue weighted by Crippen LogP contribution is -2.31. The average molecular weight is 287 g/mol. The summed E-state index contributed by atoms with van der Waals surface area (Å²) < 4.78 is 1.71. The van der Waals surface area contributed by atoms with Crippen LogP contribution >= 0.6 is 0 Å². The summed E-state index contributed by atoms with van der Waals surface area (Å²) in [6, 6.07) is 8.14. The van der Waals surface area contributed by atoms with Crippen LogP contribution in [0, 0.1) is 6.92 Å². The highest BCUT2D eigenvalue weighted by Gasteiger charge is 2.29. The van der Waals surface area contributed by atoms with Crippen molar-refractivity contribution in [3.8, 4) is 0 Å². The normalized spacial score (nSPS) is 14.0. The second-order valence-corrected chi connectivity index (χ2v) is 5.80. The SMILES string of the molecule is CCCCCCC(O)(Cn1cncn1)c1ccc(C)cc1. The number of aliphatic hydroxyl groups is 1. The quantitative estimate of drug-likeness (QED) is 0.757. The molecular weight excluding hydrogens is 262 g/mol. The molecule has 0 aliphatic carbocycles. The van der Waals surface area contributed by atoms with Crippen LogP contribution in [0.5, 0.6) is 0 Å². The summed E-state index contributed by atoms with van der Waals surface area (Å²) in [5.41, 5.74) is 1.28. The molecule has 1 N–H and O–H groups in total. The Morgan fingerprint density at radius 1 is 1.14 bits per heavy atom. The summed E-state index contributed by atoms with van der Waals surface area (Å²) in [6.45, 7) is 4.70. The van der Waals surface area contributed by atoms with Crippen LogP contribution in [0.15, 0.2) is 36.9 Å². The fourth-order valence-electron chi connectivity index (χ4n) is 2.61. The summed E-state index contributed by atoms with van der Waals surface area (Å²) in [7, 11) is 0. The van der Waals surface area contributed by atoms with Crippen LogP contribution < -0.4 is 0 Å². The molecule has 0 aliphatic rings. The molecule has 0 amide bonds. The maximum atomic E-state index is 11.2. The molecule has 4 heteroatoms. The zero-order chi connectivity index (χ0) is 15.1. The number of rotatable bonds is 8. The Balaban J connectivity index is 2.14. The maximum Gasteiger partial charge on any atom is 0.137 e. The first-order valence-electron chi connectivity index (χ1n) is 7.76. The predicted molar refractivity (Wildman–Crippen MR) is 83.9 cm³/mol. The van der Waals surface area contributed by atoms with Crippen molar-refractivity contribution in [2.24, 2.45) is 0 Å². The first-order chi connectivity index (χ1) is 10.1. The molecule has 1 heterocycles. The molecule has 4 nitrogen and oxygen atoms in total. The van der Waals surface area contributed by atoms with E-state index in [1.165, 1.54) is 24.7 Å². The molecule has 0 bridgehead atoms. The van der Waals surface area contributed by atoms with Gasteiger partial charge in [0.2, 0.25) is 0 Å².